The van der Waals surface area contributed by atoms with Gasteiger partial charge in [-0.2, -0.15) is 0 Å². The molecule has 2 rings (SSSR count). The Labute approximate surface area is 143 Å². The number of halogens is 1. The third kappa shape index (κ3) is 5.30. The van der Waals surface area contributed by atoms with E-state index < -0.39 is 0 Å². The summed E-state index contributed by atoms with van der Waals surface area (Å²) in [5, 5.41) is 2.88. The van der Waals surface area contributed by atoms with Gasteiger partial charge in [-0.3, -0.25) is 4.79 Å². The second kappa shape index (κ2) is 9.22. The molecule has 1 aromatic heterocycles. The number of nitrogens with one attached hydrogen (secondary N) is 1. The topological polar surface area (TPSA) is 71.5 Å². The van der Waals surface area contributed by atoms with E-state index in [9.17, 15) is 4.79 Å². The van der Waals surface area contributed by atoms with Gasteiger partial charge in [-0.25, -0.2) is 0 Å². The zero-order chi connectivity index (χ0) is 15.9. The molecule has 1 amide bonds. The third-order valence-corrected chi connectivity index (χ3v) is 3.63. The largest absolute Gasteiger partial charge is 0.451 e. The maximum atomic E-state index is 12.1. The van der Waals surface area contributed by atoms with Crippen LogP contribution in [0.3, 0.4) is 0 Å². The van der Waals surface area contributed by atoms with Gasteiger partial charge >= 0.3 is 0 Å². The fourth-order valence-electron chi connectivity index (χ4n) is 2.22. The lowest BCUT2D eigenvalue weighted by Crippen LogP contribution is -2.34. The Morgan fingerprint density at radius 3 is 2.39 bits per heavy atom. The van der Waals surface area contributed by atoms with Crippen LogP contribution in [-0.4, -0.2) is 37.0 Å². The molecule has 0 aliphatic carbocycles. The molecule has 1 heterocycles. The van der Waals surface area contributed by atoms with Crippen molar-refractivity contribution in [3.63, 3.8) is 0 Å². The standard InChI is InChI=1S/C17H23N3O2.ClH/c1-3-20(4-2)12-11-19-17(21)16-10-9-15(22-16)13-5-7-14(18)8-6-13;/h5-10H,3-4,11-12,18H2,1-2H3,(H,19,21);1H. The number of nitrogen functional groups attached to an aromatic ring is 1. The van der Waals surface area contributed by atoms with Crippen molar-refractivity contribution >= 4 is 24.0 Å². The van der Waals surface area contributed by atoms with E-state index in [1.165, 1.54) is 0 Å². The molecule has 5 nitrogen and oxygen atoms in total. The highest BCUT2D eigenvalue weighted by molar-refractivity contribution is 5.92. The number of furan rings is 1. The highest BCUT2D eigenvalue weighted by Gasteiger charge is 2.12. The molecule has 6 heteroatoms. The molecule has 0 fully saturated rings. The molecule has 0 unspecified atom stereocenters. The molecule has 3 N–H and O–H groups in total. The molecule has 2 aromatic rings. The summed E-state index contributed by atoms with van der Waals surface area (Å²) in [7, 11) is 0. The summed E-state index contributed by atoms with van der Waals surface area (Å²) in [6, 6.07) is 10.8. The van der Waals surface area contributed by atoms with Crippen molar-refractivity contribution in [1.82, 2.24) is 10.2 Å². The van der Waals surface area contributed by atoms with Crippen LogP contribution in [0.25, 0.3) is 11.3 Å². The number of carbonyl (C=O) groups is 1. The van der Waals surface area contributed by atoms with Gasteiger partial charge < -0.3 is 20.4 Å². The summed E-state index contributed by atoms with van der Waals surface area (Å²) >= 11 is 0. The van der Waals surface area contributed by atoms with Gasteiger partial charge in [-0.15, -0.1) is 12.4 Å². The molecular formula is C17H24ClN3O2. The van der Waals surface area contributed by atoms with Crippen molar-refractivity contribution in [2.75, 3.05) is 31.9 Å². The molecule has 126 valence electrons. The summed E-state index contributed by atoms with van der Waals surface area (Å²) in [6.45, 7) is 7.62. The van der Waals surface area contributed by atoms with Crippen LogP contribution in [0.2, 0.25) is 0 Å². The van der Waals surface area contributed by atoms with Gasteiger partial charge in [0.15, 0.2) is 5.76 Å². The zero-order valence-electron chi connectivity index (χ0n) is 13.5. The van der Waals surface area contributed by atoms with Crippen molar-refractivity contribution < 1.29 is 9.21 Å². The van der Waals surface area contributed by atoms with Crippen molar-refractivity contribution in [2.45, 2.75) is 13.8 Å². The van der Waals surface area contributed by atoms with E-state index in [1.807, 2.05) is 24.3 Å². The van der Waals surface area contributed by atoms with Crippen LogP contribution in [0, 0.1) is 0 Å². The van der Waals surface area contributed by atoms with E-state index in [0.717, 1.165) is 25.2 Å². The number of nitrogens with zero attached hydrogens (tertiary/aromatic N) is 1. The highest BCUT2D eigenvalue weighted by atomic mass is 35.5. The summed E-state index contributed by atoms with van der Waals surface area (Å²) in [5.41, 5.74) is 7.26. The maximum absolute atomic E-state index is 12.1. The van der Waals surface area contributed by atoms with Crippen LogP contribution in [0.5, 0.6) is 0 Å². The predicted molar refractivity (Wildman–Crippen MR) is 95.9 cm³/mol. The number of hydrogen-bond donors (Lipinski definition) is 2. The second-order valence-electron chi connectivity index (χ2n) is 5.07. The van der Waals surface area contributed by atoms with Crippen LogP contribution >= 0.6 is 12.4 Å². The summed E-state index contributed by atoms with van der Waals surface area (Å²) in [4.78, 5) is 14.3. The molecule has 1 aromatic carbocycles. The normalized spacial score (nSPS) is 10.4. The molecule has 0 atom stereocenters. The van der Waals surface area contributed by atoms with Crippen molar-refractivity contribution in [2.24, 2.45) is 0 Å². The average molecular weight is 338 g/mol. The van der Waals surface area contributed by atoms with Crippen molar-refractivity contribution in [1.29, 1.82) is 0 Å². The van der Waals surface area contributed by atoms with Crippen LogP contribution in [0.15, 0.2) is 40.8 Å². The van der Waals surface area contributed by atoms with Gasteiger partial charge in [0.25, 0.3) is 5.91 Å². The number of anilines is 1. The highest BCUT2D eigenvalue weighted by Crippen LogP contribution is 2.23. The van der Waals surface area contributed by atoms with Gasteiger partial charge in [0, 0.05) is 24.3 Å². The van der Waals surface area contributed by atoms with E-state index in [-0.39, 0.29) is 18.3 Å². The lowest BCUT2D eigenvalue weighted by Gasteiger charge is -2.17. The first-order valence-electron chi connectivity index (χ1n) is 7.60. The molecule has 0 saturated heterocycles. The number of carbonyl (C=O) groups excluding carboxylic acids is 1. The van der Waals surface area contributed by atoms with Gasteiger partial charge in [-0.1, -0.05) is 13.8 Å². The first-order chi connectivity index (χ1) is 10.6. The van der Waals surface area contributed by atoms with Gasteiger partial charge in [0.05, 0.1) is 0 Å². The second-order valence-corrected chi connectivity index (χ2v) is 5.07. The summed E-state index contributed by atoms with van der Waals surface area (Å²) in [6.07, 6.45) is 0. The van der Waals surface area contributed by atoms with Crippen molar-refractivity contribution in [3.05, 3.63) is 42.2 Å². The Morgan fingerprint density at radius 2 is 1.78 bits per heavy atom. The number of rotatable bonds is 7. The third-order valence-electron chi connectivity index (χ3n) is 3.63. The van der Waals surface area contributed by atoms with Crippen molar-refractivity contribution in [3.8, 4) is 11.3 Å². The first kappa shape index (κ1) is 19.1. The summed E-state index contributed by atoms with van der Waals surface area (Å²) in [5.74, 6) is 0.800. The molecule has 0 spiro atoms. The molecular weight excluding hydrogens is 314 g/mol. The fraction of sp³-hybridized carbons (Fsp3) is 0.353. The smallest absolute Gasteiger partial charge is 0.287 e. The average Bonchev–Trinajstić information content (AvgIpc) is 3.02. The van der Waals surface area contributed by atoms with Crippen LogP contribution in [-0.2, 0) is 0 Å². The Balaban J connectivity index is 0.00000264. The minimum atomic E-state index is -0.186. The number of likely N-dealkylation sites (N-methyl/N-ethyl adjacent to an activating group) is 1. The Kier molecular flexibility index (Phi) is 7.65. The lowest BCUT2D eigenvalue weighted by molar-refractivity contribution is 0.0922. The van der Waals surface area contributed by atoms with Crippen LogP contribution < -0.4 is 11.1 Å². The number of benzene rings is 1. The van der Waals surface area contributed by atoms with E-state index in [4.69, 9.17) is 10.2 Å². The number of amides is 1. The van der Waals surface area contributed by atoms with Gasteiger partial charge in [0.1, 0.15) is 5.76 Å². The maximum Gasteiger partial charge on any atom is 0.287 e. The number of nitrogens with two attached hydrogens (primary N) is 1. The molecule has 0 radical (unpaired) electrons. The molecule has 23 heavy (non-hydrogen) atoms. The van der Waals surface area contributed by atoms with E-state index in [1.54, 1.807) is 12.1 Å². The monoisotopic (exact) mass is 337 g/mol. The predicted octanol–water partition coefficient (Wildman–Crippen LogP) is 3.02. The fourth-order valence-corrected chi connectivity index (χ4v) is 2.22. The van der Waals surface area contributed by atoms with Gasteiger partial charge in [0.2, 0.25) is 0 Å². The Bertz CT molecular complexity index is 607. The van der Waals surface area contributed by atoms with E-state index >= 15 is 0 Å². The molecule has 0 aliphatic heterocycles. The Morgan fingerprint density at radius 1 is 1.13 bits per heavy atom. The molecule has 0 saturated carbocycles. The lowest BCUT2D eigenvalue weighted by atomic mass is 10.1. The van der Waals surface area contributed by atoms with E-state index in [0.29, 0.717) is 23.8 Å². The van der Waals surface area contributed by atoms with E-state index in [2.05, 4.69) is 24.1 Å². The molecule has 0 bridgehead atoms. The van der Waals surface area contributed by atoms with Crippen LogP contribution in [0.4, 0.5) is 5.69 Å². The Hall–Kier alpha value is -1.98. The first-order valence-corrected chi connectivity index (χ1v) is 7.60. The minimum absolute atomic E-state index is 0. The number of hydrogen-bond acceptors (Lipinski definition) is 4. The molecule has 0 aliphatic rings. The zero-order valence-corrected chi connectivity index (χ0v) is 14.4. The summed E-state index contributed by atoms with van der Waals surface area (Å²) < 4.78 is 5.62. The quantitative estimate of drug-likeness (QED) is 0.762. The minimum Gasteiger partial charge on any atom is -0.451 e. The van der Waals surface area contributed by atoms with Gasteiger partial charge in [-0.05, 0) is 49.5 Å². The SMILES string of the molecule is CCN(CC)CCNC(=O)c1ccc(-c2ccc(N)cc2)o1.Cl. The van der Waals surface area contributed by atoms with Crippen LogP contribution in [0.1, 0.15) is 24.4 Å².